The van der Waals surface area contributed by atoms with Gasteiger partial charge in [0.1, 0.15) is 11.4 Å². The normalized spacial score (nSPS) is 15.4. The standard InChI is InChI=1S/C24H26Cl2N4O2/c1-3-29(4-2)24(31)27-19-9-7-15-32-23-21(19)28-30(20-10-6-5-8-18(20)26)22(23)16-11-13-17(25)14-12-16/h5-6,8,10-14,19H,3-4,7,9,15H2,1-2H3,(H,27,31). The average Bonchev–Trinajstić information content (AvgIpc) is 3.05. The van der Waals surface area contributed by atoms with E-state index < -0.39 is 0 Å². The van der Waals surface area contributed by atoms with Gasteiger partial charge in [-0.15, -0.1) is 0 Å². The van der Waals surface area contributed by atoms with E-state index in [2.05, 4.69) is 5.32 Å². The number of halogens is 2. The summed E-state index contributed by atoms with van der Waals surface area (Å²) in [4.78, 5) is 14.6. The van der Waals surface area contributed by atoms with Crippen LogP contribution in [0.2, 0.25) is 10.0 Å². The number of rotatable bonds is 5. The van der Waals surface area contributed by atoms with Crippen molar-refractivity contribution in [1.82, 2.24) is 20.0 Å². The first-order valence-corrected chi connectivity index (χ1v) is 11.6. The predicted octanol–water partition coefficient (Wildman–Crippen LogP) is 6.11. The number of carbonyl (C=O) groups is 1. The van der Waals surface area contributed by atoms with Crippen LogP contribution in [0.5, 0.6) is 5.75 Å². The summed E-state index contributed by atoms with van der Waals surface area (Å²) in [5, 5.41) is 9.31. The number of urea groups is 1. The van der Waals surface area contributed by atoms with E-state index in [4.69, 9.17) is 33.0 Å². The monoisotopic (exact) mass is 472 g/mol. The van der Waals surface area contributed by atoms with Crippen molar-refractivity contribution in [3.63, 3.8) is 0 Å². The van der Waals surface area contributed by atoms with Gasteiger partial charge in [0.25, 0.3) is 0 Å². The van der Waals surface area contributed by atoms with Crippen molar-refractivity contribution < 1.29 is 9.53 Å². The Labute approximate surface area is 198 Å². The molecule has 0 fully saturated rings. The summed E-state index contributed by atoms with van der Waals surface area (Å²) in [6.45, 7) is 5.76. The largest absolute Gasteiger partial charge is 0.489 e. The van der Waals surface area contributed by atoms with Gasteiger partial charge in [-0.3, -0.25) is 0 Å². The Morgan fingerprint density at radius 3 is 2.56 bits per heavy atom. The molecular formula is C24H26Cl2N4O2. The van der Waals surface area contributed by atoms with Crippen molar-refractivity contribution >= 4 is 29.2 Å². The number of ether oxygens (including phenoxy) is 1. The molecule has 0 saturated carbocycles. The Hall–Kier alpha value is -2.70. The molecular weight excluding hydrogens is 447 g/mol. The molecule has 6 nitrogen and oxygen atoms in total. The van der Waals surface area contributed by atoms with Gasteiger partial charge in [-0.2, -0.15) is 5.10 Å². The molecule has 1 atom stereocenters. The Morgan fingerprint density at radius 2 is 1.88 bits per heavy atom. The van der Waals surface area contributed by atoms with E-state index >= 15 is 0 Å². The molecule has 32 heavy (non-hydrogen) atoms. The molecule has 1 aromatic heterocycles. The summed E-state index contributed by atoms with van der Waals surface area (Å²) >= 11 is 12.7. The highest BCUT2D eigenvalue weighted by atomic mass is 35.5. The van der Waals surface area contributed by atoms with Gasteiger partial charge in [-0.1, -0.05) is 47.5 Å². The topological polar surface area (TPSA) is 59.4 Å². The van der Waals surface area contributed by atoms with Crippen LogP contribution in [0.25, 0.3) is 16.9 Å². The van der Waals surface area contributed by atoms with Crippen LogP contribution in [0, 0.1) is 0 Å². The van der Waals surface area contributed by atoms with Gasteiger partial charge in [-0.05, 0) is 51.0 Å². The molecule has 168 valence electrons. The lowest BCUT2D eigenvalue weighted by atomic mass is 10.1. The molecule has 0 aliphatic carbocycles. The number of nitrogens with zero attached hydrogens (tertiary/aromatic N) is 3. The minimum Gasteiger partial charge on any atom is -0.489 e. The Balaban J connectivity index is 1.86. The SMILES string of the molecule is CCN(CC)C(=O)NC1CCCOc2c1nn(-c1ccccc1Cl)c2-c1ccc(Cl)cc1. The number of aromatic nitrogens is 2. The van der Waals surface area contributed by atoms with E-state index in [0.717, 1.165) is 29.8 Å². The molecule has 8 heteroatoms. The second-order valence-corrected chi connectivity index (χ2v) is 8.44. The molecule has 1 aliphatic heterocycles. The molecule has 1 unspecified atom stereocenters. The quantitative estimate of drug-likeness (QED) is 0.486. The molecule has 1 aliphatic rings. The number of para-hydroxylation sites is 1. The second kappa shape index (κ2) is 9.84. The molecule has 0 saturated heterocycles. The van der Waals surface area contributed by atoms with Crippen LogP contribution in [0.1, 0.15) is 38.4 Å². The van der Waals surface area contributed by atoms with Crippen molar-refractivity contribution in [2.24, 2.45) is 0 Å². The van der Waals surface area contributed by atoms with E-state index in [1.807, 2.05) is 62.4 Å². The fourth-order valence-corrected chi connectivity index (χ4v) is 4.28. The summed E-state index contributed by atoms with van der Waals surface area (Å²) in [6, 6.07) is 14.7. The van der Waals surface area contributed by atoms with Crippen LogP contribution in [-0.4, -0.2) is 40.4 Å². The summed E-state index contributed by atoms with van der Waals surface area (Å²) in [6.07, 6.45) is 1.55. The smallest absolute Gasteiger partial charge is 0.317 e. The maximum Gasteiger partial charge on any atom is 0.317 e. The minimum absolute atomic E-state index is 0.104. The van der Waals surface area contributed by atoms with E-state index in [0.29, 0.717) is 41.2 Å². The van der Waals surface area contributed by atoms with Gasteiger partial charge in [0, 0.05) is 23.7 Å². The number of benzene rings is 2. The first kappa shape index (κ1) is 22.5. The van der Waals surface area contributed by atoms with Crippen molar-refractivity contribution in [2.45, 2.75) is 32.7 Å². The highest BCUT2D eigenvalue weighted by molar-refractivity contribution is 6.32. The highest BCUT2D eigenvalue weighted by Crippen LogP contribution is 2.42. The number of fused-ring (bicyclic) bond motifs is 1. The van der Waals surface area contributed by atoms with Crippen LogP contribution in [0.15, 0.2) is 48.5 Å². The third-order valence-electron chi connectivity index (χ3n) is 5.63. The average molecular weight is 473 g/mol. The Morgan fingerprint density at radius 1 is 1.16 bits per heavy atom. The van der Waals surface area contributed by atoms with E-state index in [-0.39, 0.29) is 12.1 Å². The molecule has 0 radical (unpaired) electrons. The summed E-state index contributed by atoms with van der Waals surface area (Å²) < 4.78 is 8.01. The second-order valence-electron chi connectivity index (χ2n) is 7.60. The maximum absolute atomic E-state index is 12.8. The first-order chi connectivity index (χ1) is 15.5. The van der Waals surface area contributed by atoms with Gasteiger partial charge in [0.15, 0.2) is 5.75 Å². The zero-order valence-electron chi connectivity index (χ0n) is 18.1. The maximum atomic E-state index is 12.8. The van der Waals surface area contributed by atoms with Gasteiger partial charge >= 0.3 is 6.03 Å². The number of hydrogen-bond donors (Lipinski definition) is 1. The van der Waals surface area contributed by atoms with Crippen LogP contribution in [0.4, 0.5) is 4.79 Å². The van der Waals surface area contributed by atoms with Crippen LogP contribution in [0.3, 0.4) is 0 Å². The van der Waals surface area contributed by atoms with E-state index in [9.17, 15) is 4.79 Å². The van der Waals surface area contributed by atoms with Crippen LogP contribution in [-0.2, 0) is 0 Å². The highest BCUT2D eigenvalue weighted by Gasteiger charge is 2.31. The number of nitrogens with one attached hydrogen (secondary N) is 1. The van der Waals surface area contributed by atoms with Crippen LogP contribution >= 0.6 is 23.2 Å². The first-order valence-electron chi connectivity index (χ1n) is 10.9. The Kier molecular flexibility index (Phi) is 6.92. The van der Waals surface area contributed by atoms with Crippen molar-refractivity contribution in [3.8, 4) is 22.7 Å². The van der Waals surface area contributed by atoms with Crippen LogP contribution < -0.4 is 10.1 Å². The minimum atomic E-state index is -0.268. The third kappa shape index (κ3) is 4.43. The molecule has 2 heterocycles. The molecule has 0 bridgehead atoms. The fraction of sp³-hybridized carbons (Fsp3) is 0.333. The fourth-order valence-electron chi connectivity index (χ4n) is 3.94. The van der Waals surface area contributed by atoms with Gasteiger partial charge in [0.05, 0.1) is 23.4 Å². The number of amides is 2. The third-order valence-corrected chi connectivity index (χ3v) is 6.20. The van der Waals surface area contributed by atoms with Gasteiger partial charge < -0.3 is 15.0 Å². The molecule has 0 spiro atoms. The van der Waals surface area contributed by atoms with Crippen molar-refractivity contribution in [1.29, 1.82) is 0 Å². The van der Waals surface area contributed by atoms with Gasteiger partial charge in [-0.25, -0.2) is 9.48 Å². The lowest BCUT2D eigenvalue weighted by molar-refractivity contribution is 0.198. The van der Waals surface area contributed by atoms with Gasteiger partial charge in [0.2, 0.25) is 0 Å². The molecule has 1 N–H and O–H groups in total. The predicted molar refractivity (Wildman–Crippen MR) is 128 cm³/mol. The zero-order chi connectivity index (χ0) is 22.7. The van der Waals surface area contributed by atoms with E-state index in [1.54, 1.807) is 9.58 Å². The summed E-state index contributed by atoms with van der Waals surface area (Å²) in [7, 11) is 0. The number of hydrogen-bond acceptors (Lipinski definition) is 3. The van der Waals surface area contributed by atoms with Crippen molar-refractivity contribution in [3.05, 3.63) is 64.3 Å². The zero-order valence-corrected chi connectivity index (χ0v) is 19.7. The molecule has 2 aromatic carbocycles. The lowest BCUT2D eigenvalue weighted by Crippen LogP contribution is -2.41. The van der Waals surface area contributed by atoms with E-state index in [1.165, 1.54) is 0 Å². The molecule has 3 aromatic rings. The Bertz CT molecular complexity index is 1090. The van der Waals surface area contributed by atoms with Crippen molar-refractivity contribution in [2.75, 3.05) is 19.7 Å². The lowest BCUT2D eigenvalue weighted by Gasteiger charge is -2.23. The molecule has 2 amide bonds. The number of carbonyl (C=O) groups excluding carboxylic acids is 1. The molecule has 4 rings (SSSR count). The summed E-state index contributed by atoms with van der Waals surface area (Å²) in [5.74, 6) is 0.662. The summed E-state index contributed by atoms with van der Waals surface area (Å²) in [5.41, 5.74) is 3.13.